The Kier molecular flexibility index (Phi) is 6.98. The lowest BCUT2D eigenvalue weighted by Gasteiger charge is -2.13. The molecule has 4 aromatic rings. The summed E-state index contributed by atoms with van der Waals surface area (Å²) in [4.78, 5) is 0. The molecular weight excluding hydrogens is 429 g/mol. The molecule has 0 unspecified atom stereocenters. The molecule has 4 aromatic carbocycles. The summed E-state index contributed by atoms with van der Waals surface area (Å²) in [7, 11) is 0. The highest BCUT2D eigenvalue weighted by atomic mass is 35.5. The largest absolute Gasteiger partial charge is 0.486 e. The maximum absolute atomic E-state index is 6.43. The first kappa shape index (κ1) is 21.1. The molecule has 0 atom stereocenters. The van der Waals surface area contributed by atoms with Crippen molar-refractivity contribution in [3.8, 4) is 17.2 Å². The summed E-state index contributed by atoms with van der Waals surface area (Å²) in [5, 5.41) is 4.36. The van der Waals surface area contributed by atoms with E-state index < -0.39 is 0 Å². The van der Waals surface area contributed by atoms with Crippen LogP contribution < -0.4 is 14.8 Å². The van der Waals surface area contributed by atoms with E-state index in [-0.39, 0.29) is 0 Å². The number of nitrogens with one attached hydrogen (secondary N) is 1. The van der Waals surface area contributed by atoms with Crippen LogP contribution in [0.4, 0.5) is 5.69 Å². The number of benzene rings is 4. The van der Waals surface area contributed by atoms with Crippen LogP contribution in [0.2, 0.25) is 10.0 Å². The molecule has 3 nitrogen and oxygen atoms in total. The first-order valence-corrected chi connectivity index (χ1v) is 10.6. The summed E-state index contributed by atoms with van der Waals surface area (Å²) >= 11 is 12.9. The van der Waals surface area contributed by atoms with Crippen molar-refractivity contribution in [3.05, 3.63) is 118 Å². The van der Waals surface area contributed by atoms with Crippen molar-refractivity contribution in [2.45, 2.75) is 13.2 Å². The third kappa shape index (κ3) is 5.94. The fourth-order valence-electron chi connectivity index (χ4n) is 3.05. The molecule has 31 heavy (non-hydrogen) atoms. The first-order chi connectivity index (χ1) is 15.2. The number of hydrogen-bond acceptors (Lipinski definition) is 3. The molecular formula is C26H21Cl2NO2. The Hall–Kier alpha value is -3.14. The van der Waals surface area contributed by atoms with Crippen LogP contribution in [0.3, 0.4) is 0 Å². The maximum atomic E-state index is 6.43. The number of hydrogen-bond donors (Lipinski definition) is 1. The van der Waals surface area contributed by atoms with Crippen molar-refractivity contribution in [3.63, 3.8) is 0 Å². The van der Waals surface area contributed by atoms with Crippen molar-refractivity contribution in [1.82, 2.24) is 0 Å². The van der Waals surface area contributed by atoms with Crippen LogP contribution in [0.1, 0.15) is 11.1 Å². The number of ether oxygens (including phenoxy) is 2. The van der Waals surface area contributed by atoms with E-state index in [0.29, 0.717) is 28.9 Å². The Bertz CT molecular complexity index is 1090. The van der Waals surface area contributed by atoms with Crippen molar-refractivity contribution in [1.29, 1.82) is 0 Å². The van der Waals surface area contributed by atoms with Gasteiger partial charge in [0.1, 0.15) is 18.1 Å². The van der Waals surface area contributed by atoms with E-state index in [1.165, 1.54) is 0 Å². The van der Waals surface area contributed by atoms with Gasteiger partial charge in [-0.15, -0.1) is 0 Å². The third-order valence-electron chi connectivity index (χ3n) is 4.61. The Morgan fingerprint density at radius 2 is 1.23 bits per heavy atom. The van der Waals surface area contributed by atoms with Crippen LogP contribution in [0, 0.1) is 0 Å². The molecule has 4 rings (SSSR count). The molecule has 0 aliphatic carbocycles. The smallest absolute Gasteiger partial charge is 0.156 e. The quantitative estimate of drug-likeness (QED) is 0.295. The highest BCUT2D eigenvalue weighted by Gasteiger charge is 2.10. The Labute approximate surface area is 192 Å². The first-order valence-electron chi connectivity index (χ1n) is 9.89. The van der Waals surface area contributed by atoms with Gasteiger partial charge in [-0.1, -0.05) is 71.7 Å². The lowest BCUT2D eigenvalue weighted by molar-refractivity contribution is 0.306. The van der Waals surface area contributed by atoms with Crippen LogP contribution in [-0.4, -0.2) is 0 Å². The van der Waals surface area contributed by atoms with E-state index >= 15 is 0 Å². The fraction of sp³-hybridized carbons (Fsp3) is 0.0769. The zero-order chi connectivity index (χ0) is 21.5. The van der Waals surface area contributed by atoms with E-state index in [2.05, 4.69) is 5.32 Å². The van der Waals surface area contributed by atoms with E-state index in [4.69, 9.17) is 32.7 Å². The van der Waals surface area contributed by atoms with Gasteiger partial charge in [0.2, 0.25) is 0 Å². The normalized spacial score (nSPS) is 10.5. The Morgan fingerprint density at radius 1 is 0.645 bits per heavy atom. The molecule has 0 heterocycles. The maximum Gasteiger partial charge on any atom is 0.156 e. The number of anilines is 1. The average molecular weight is 450 g/mol. The van der Waals surface area contributed by atoms with Gasteiger partial charge >= 0.3 is 0 Å². The molecule has 1 N–H and O–H groups in total. The zero-order valence-electron chi connectivity index (χ0n) is 16.7. The van der Waals surface area contributed by atoms with Gasteiger partial charge in [-0.05, 0) is 59.7 Å². The van der Waals surface area contributed by atoms with Gasteiger partial charge in [-0.25, -0.2) is 0 Å². The van der Waals surface area contributed by atoms with Gasteiger partial charge in [0.05, 0.1) is 10.0 Å². The standard InChI is InChI=1S/C26H21Cl2NO2/c27-24-15-20(16-25(28)26(24)30-18-19-7-3-1-4-8-19)17-29-21-11-13-23(14-12-21)31-22-9-5-2-6-10-22/h1-16,29H,17-18H2. The Morgan fingerprint density at radius 3 is 1.87 bits per heavy atom. The fourth-order valence-corrected chi connectivity index (χ4v) is 3.69. The van der Waals surface area contributed by atoms with Gasteiger partial charge in [0.15, 0.2) is 5.75 Å². The van der Waals surface area contributed by atoms with Crippen LogP contribution in [-0.2, 0) is 13.2 Å². The van der Waals surface area contributed by atoms with E-state index in [0.717, 1.165) is 28.3 Å². The summed E-state index contributed by atoms with van der Waals surface area (Å²) in [6.07, 6.45) is 0. The molecule has 0 saturated carbocycles. The predicted octanol–water partition coefficient (Wildman–Crippen LogP) is 7.98. The topological polar surface area (TPSA) is 30.5 Å². The number of rotatable bonds is 8. The highest BCUT2D eigenvalue weighted by Crippen LogP contribution is 2.35. The van der Waals surface area contributed by atoms with Crippen molar-refractivity contribution < 1.29 is 9.47 Å². The minimum Gasteiger partial charge on any atom is -0.486 e. The summed E-state index contributed by atoms with van der Waals surface area (Å²) in [5.41, 5.74) is 2.99. The molecule has 0 spiro atoms. The van der Waals surface area contributed by atoms with Crippen molar-refractivity contribution >= 4 is 28.9 Å². The Balaban J connectivity index is 1.35. The van der Waals surface area contributed by atoms with Crippen LogP contribution in [0.5, 0.6) is 17.2 Å². The summed E-state index contributed by atoms with van der Waals surface area (Å²) in [5.74, 6) is 2.09. The summed E-state index contributed by atoms with van der Waals surface area (Å²) < 4.78 is 11.7. The van der Waals surface area contributed by atoms with Crippen LogP contribution >= 0.6 is 23.2 Å². The summed E-state index contributed by atoms with van der Waals surface area (Å²) in [6.45, 7) is 0.993. The monoisotopic (exact) mass is 449 g/mol. The molecule has 0 amide bonds. The molecule has 0 aromatic heterocycles. The minimum atomic E-state index is 0.412. The van der Waals surface area contributed by atoms with Crippen molar-refractivity contribution in [2.75, 3.05) is 5.32 Å². The van der Waals surface area contributed by atoms with E-state index in [1.807, 2.05) is 97.1 Å². The number of para-hydroxylation sites is 1. The van der Waals surface area contributed by atoms with E-state index in [9.17, 15) is 0 Å². The highest BCUT2D eigenvalue weighted by molar-refractivity contribution is 6.37. The second kappa shape index (κ2) is 10.3. The summed E-state index contributed by atoms with van der Waals surface area (Å²) in [6, 6.07) is 31.1. The van der Waals surface area contributed by atoms with Gasteiger partial charge in [0, 0.05) is 12.2 Å². The molecule has 0 aliphatic heterocycles. The third-order valence-corrected chi connectivity index (χ3v) is 5.18. The van der Waals surface area contributed by atoms with Gasteiger partial charge in [-0.3, -0.25) is 0 Å². The van der Waals surface area contributed by atoms with Gasteiger partial charge < -0.3 is 14.8 Å². The second-order valence-electron chi connectivity index (χ2n) is 6.96. The van der Waals surface area contributed by atoms with Crippen LogP contribution in [0.15, 0.2) is 97.1 Å². The molecule has 5 heteroatoms. The zero-order valence-corrected chi connectivity index (χ0v) is 18.2. The van der Waals surface area contributed by atoms with E-state index in [1.54, 1.807) is 0 Å². The molecule has 0 aliphatic rings. The molecule has 156 valence electrons. The molecule has 0 bridgehead atoms. The number of halogens is 2. The average Bonchev–Trinajstić information content (AvgIpc) is 2.79. The lowest BCUT2D eigenvalue weighted by atomic mass is 10.2. The lowest BCUT2D eigenvalue weighted by Crippen LogP contribution is -2.01. The molecule has 0 radical (unpaired) electrons. The predicted molar refractivity (Wildman–Crippen MR) is 128 cm³/mol. The van der Waals surface area contributed by atoms with Crippen LogP contribution in [0.25, 0.3) is 0 Å². The SMILES string of the molecule is Clc1cc(CNc2ccc(Oc3ccccc3)cc2)cc(Cl)c1OCc1ccccc1. The van der Waals surface area contributed by atoms with Crippen molar-refractivity contribution in [2.24, 2.45) is 0 Å². The second-order valence-corrected chi connectivity index (χ2v) is 7.77. The van der Waals surface area contributed by atoms with Gasteiger partial charge in [-0.2, -0.15) is 0 Å². The molecule has 0 fully saturated rings. The minimum absolute atomic E-state index is 0.412. The molecule has 0 saturated heterocycles. The van der Waals surface area contributed by atoms with Gasteiger partial charge in [0.25, 0.3) is 0 Å².